The number of hydrogen-bond acceptors (Lipinski definition) is 4. The topological polar surface area (TPSA) is 64.0 Å². The molecule has 3 aromatic rings. The van der Waals surface area contributed by atoms with E-state index in [1.54, 1.807) is 49.0 Å². The Bertz CT molecular complexity index is 1020. The van der Waals surface area contributed by atoms with Gasteiger partial charge in [-0.25, -0.2) is 4.68 Å². The van der Waals surface area contributed by atoms with Crippen LogP contribution in [-0.2, 0) is 0 Å². The summed E-state index contributed by atoms with van der Waals surface area (Å²) in [7, 11) is 0. The number of carbonyl (C=O) groups excluding carboxylic acids is 1. The quantitative estimate of drug-likeness (QED) is 0.684. The summed E-state index contributed by atoms with van der Waals surface area (Å²) in [6, 6.07) is 15.8. The number of halogens is 1. The van der Waals surface area contributed by atoms with Gasteiger partial charge >= 0.3 is 0 Å². The molecule has 3 rings (SSSR count). The van der Waals surface area contributed by atoms with Crippen LogP contribution in [0.1, 0.15) is 16.2 Å². The molecule has 0 aliphatic rings. The van der Waals surface area contributed by atoms with Gasteiger partial charge < -0.3 is 5.32 Å². The van der Waals surface area contributed by atoms with Crippen LogP contribution in [0.4, 0.5) is 5.69 Å². The van der Waals surface area contributed by atoms with Gasteiger partial charge in [0.1, 0.15) is 0 Å². The van der Waals surface area contributed by atoms with E-state index in [4.69, 9.17) is 11.6 Å². The van der Waals surface area contributed by atoms with E-state index in [9.17, 15) is 9.59 Å². The molecule has 0 aliphatic heterocycles. The Morgan fingerprint density at radius 3 is 2.50 bits per heavy atom. The minimum atomic E-state index is -0.562. The number of nitrogens with one attached hydrogen (secondary N) is 1. The molecule has 5 nitrogen and oxygen atoms in total. The van der Waals surface area contributed by atoms with Gasteiger partial charge in [0.2, 0.25) is 5.43 Å². The predicted octanol–water partition coefficient (Wildman–Crippen LogP) is 4.17. The van der Waals surface area contributed by atoms with E-state index in [2.05, 4.69) is 10.4 Å². The zero-order valence-electron chi connectivity index (χ0n) is 14.2. The summed E-state index contributed by atoms with van der Waals surface area (Å²) < 4.78 is 1.50. The molecular weight excluding hydrogens is 370 g/mol. The van der Waals surface area contributed by atoms with Crippen LogP contribution >= 0.6 is 23.4 Å². The Morgan fingerprint density at radius 1 is 1.15 bits per heavy atom. The lowest BCUT2D eigenvalue weighted by atomic mass is 10.2. The molecule has 0 radical (unpaired) electrons. The fourth-order valence-electron chi connectivity index (χ4n) is 2.44. The highest BCUT2D eigenvalue weighted by molar-refractivity contribution is 7.98. The Kier molecular flexibility index (Phi) is 5.44. The molecule has 0 bridgehead atoms. The number of aromatic nitrogens is 2. The van der Waals surface area contributed by atoms with Crippen LogP contribution in [0.3, 0.4) is 0 Å². The van der Waals surface area contributed by atoms with E-state index in [0.29, 0.717) is 22.1 Å². The largest absolute Gasteiger partial charge is 0.320 e. The molecule has 0 unspecified atom stereocenters. The van der Waals surface area contributed by atoms with Gasteiger partial charge in [-0.15, -0.1) is 11.8 Å². The first-order chi connectivity index (χ1) is 12.5. The van der Waals surface area contributed by atoms with Crippen molar-refractivity contribution in [3.63, 3.8) is 0 Å². The van der Waals surface area contributed by atoms with E-state index >= 15 is 0 Å². The maximum absolute atomic E-state index is 12.5. The molecule has 132 valence electrons. The maximum atomic E-state index is 12.5. The van der Waals surface area contributed by atoms with Crippen molar-refractivity contribution >= 4 is 35.0 Å². The highest BCUT2D eigenvalue weighted by atomic mass is 35.5. The number of nitrogens with zero attached hydrogens (tertiary/aromatic N) is 2. The fraction of sp³-hybridized carbons (Fsp3) is 0.105. The first kappa shape index (κ1) is 18.2. The number of carbonyl (C=O) groups is 1. The Labute approximate surface area is 160 Å². The molecule has 1 N–H and O–H groups in total. The molecule has 7 heteroatoms. The Hall–Kier alpha value is -2.57. The minimum Gasteiger partial charge on any atom is -0.320 e. The number of benzene rings is 2. The standard InChI is InChI=1S/C19H16ClN3O2S/c1-12-11-17(24)18(22-23(12)16-6-4-3-5-15(16)20)19(25)21-13-7-9-14(26-2)10-8-13/h3-11H,1-2H3,(H,21,25). The molecular formula is C19H16ClN3O2S. The SMILES string of the molecule is CSc1ccc(NC(=O)c2nn(-c3ccccc3Cl)c(C)cc2=O)cc1. The predicted molar refractivity (Wildman–Crippen MR) is 106 cm³/mol. The van der Waals surface area contributed by atoms with E-state index in [0.717, 1.165) is 4.90 Å². The molecule has 0 atom stereocenters. The van der Waals surface area contributed by atoms with E-state index in [-0.39, 0.29) is 5.69 Å². The van der Waals surface area contributed by atoms with Gasteiger partial charge in [-0.1, -0.05) is 23.7 Å². The van der Waals surface area contributed by atoms with Crippen LogP contribution in [0, 0.1) is 6.92 Å². The molecule has 1 aromatic heterocycles. The minimum absolute atomic E-state index is 0.190. The Morgan fingerprint density at radius 2 is 1.85 bits per heavy atom. The fourth-order valence-corrected chi connectivity index (χ4v) is 3.06. The summed E-state index contributed by atoms with van der Waals surface area (Å²) in [4.78, 5) is 25.9. The van der Waals surface area contributed by atoms with Crippen molar-refractivity contribution in [3.05, 3.63) is 81.2 Å². The molecule has 0 fully saturated rings. The van der Waals surface area contributed by atoms with Crippen LogP contribution in [0.2, 0.25) is 5.02 Å². The number of para-hydroxylation sites is 1. The summed E-state index contributed by atoms with van der Waals surface area (Å²) in [5, 5.41) is 7.42. The van der Waals surface area contributed by atoms with Crippen molar-refractivity contribution in [2.45, 2.75) is 11.8 Å². The number of rotatable bonds is 4. The molecule has 2 aromatic carbocycles. The average molecular weight is 386 g/mol. The normalized spacial score (nSPS) is 10.6. The highest BCUT2D eigenvalue weighted by Gasteiger charge is 2.16. The van der Waals surface area contributed by atoms with Gasteiger partial charge in [0.05, 0.1) is 10.7 Å². The lowest BCUT2D eigenvalue weighted by Gasteiger charge is -2.12. The number of aryl methyl sites for hydroxylation is 1. The van der Waals surface area contributed by atoms with Gasteiger partial charge in [0.25, 0.3) is 5.91 Å². The average Bonchev–Trinajstić information content (AvgIpc) is 2.63. The van der Waals surface area contributed by atoms with Crippen molar-refractivity contribution in [3.8, 4) is 5.69 Å². The third-order valence-corrected chi connectivity index (χ3v) is 4.81. The summed E-state index contributed by atoms with van der Waals surface area (Å²) >= 11 is 7.83. The van der Waals surface area contributed by atoms with Crippen LogP contribution in [0.5, 0.6) is 0 Å². The third kappa shape index (κ3) is 3.81. The van der Waals surface area contributed by atoms with Crippen molar-refractivity contribution in [2.24, 2.45) is 0 Å². The van der Waals surface area contributed by atoms with E-state index in [1.165, 1.54) is 10.7 Å². The smallest absolute Gasteiger partial charge is 0.280 e. The van der Waals surface area contributed by atoms with Gasteiger partial charge in [-0.05, 0) is 49.6 Å². The molecule has 0 saturated heterocycles. The van der Waals surface area contributed by atoms with E-state index < -0.39 is 11.3 Å². The summed E-state index contributed by atoms with van der Waals surface area (Å²) in [5.41, 5.74) is 1.15. The molecule has 1 amide bonds. The van der Waals surface area contributed by atoms with Crippen LogP contribution in [0.25, 0.3) is 5.69 Å². The monoisotopic (exact) mass is 385 g/mol. The zero-order chi connectivity index (χ0) is 18.7. The number of thioether (sulfide) groups is 1. The van der Waals surface area contributed by atoms with Crippen molar-refractivity contribution < 1.29 is 4.79 Å². The zero-order valence-corrected chi connectivity index (χ0v) is 15.8. The number of hydrogen-bond donors (Lipinski definition) is 1. The highest BCUT2D eigenvalue weighted by Crippen LogP contribution is 2.20. The summed E-state index contributed by atoms with van der Waals surface area (Å²) in [5.74, 6) is -0.562. The number of anilines is 1. The molecule has 26 heavy (non-hydrogen) atoms. The van der Waals surface area contributed by atoms with Crippen molar-refractivity contribution in [1.82, 2.24) is 9.78 Å². The van der Waals surface area contributed by atoms with Gasteiger partial charge in [0, 0.05) is 22.3 Å². The Balaban J connectivity index is 1.96. The molecule has 0 spiro atoms. The molecule has 0 aliphatic carbocycles. The third-order valence-electron chi connectivity index (χ3n) is 3.75. The second-order valence-corrected chi connectivity index (χ2v) is 6.83. The summed E-state index contributed by atoms with van der Waals surface area (Å²) in [6.45, 7) is 1.74. The van der Waals surface area contributed by atoms with Gasteiger partial charge in [-0.2, -0.15) is 5.10 Å². The molecule has 1 heterocycles. The maximum Gasteiger partial charge on any atom is 0.280 e. The first-order valence-corrected chi connectivity index (χ1v) is 9.41. The second-order valence-electron chi connectivity index (χ2n) is 5.54. The lowest BCUT2D eigenvalue weighted by Crippen LogP contribution is -2.27. The first-order valence-electron chi connectivity index (χ1n) is 7.81. The van der Waals surface area contributed by atoms with Crippen LogP contribution in [-0.4, -0.2) is 21.9 Å². The number of amides is 1. The van der Waals surface area contributed by atoms with E-state index in [1.807, 2.05) is 24.5 Å². The second kappa shape index (κ2) is 7.76. The van der Waals surface area contributed by atoms with Crippen molar-refractivity contribution in [1.29, 1.82) is 0 Å². The van der Waals surface area contributed by atoms with Gasteiger partial charge in [-0.3, -0.25) is 9.59 Å². The lowest BCUT2D eigenvalue weighted by molar-refractivity contribution is 0.101. The van der Waals surface area contributed by atoms with Crippen LogP contribution in [0.15, 0.2) is 64.3 Å². The van der Waals surface area contributed by atoms with Crippen LogP contribution < -0.4 is 10.7 Å². The molecule has 0 saturated carbocycles. The van der Waals surface area contributed by atoms with Gasteiger partial charge in [0.15, 0.2) is 5.69 Å². The summed E-state index contributed by atoms with van der Waals surface area (Å²) in [6.07, 6.45) is 1.97. The van der Waals surface area contributed by atoms with Crippen molar-refractivity contribution in [2.75, 3.05) is 11.6 Å².